The van der Waals surface area contributed by atoms with Crippen molar-refractivity contribution in [3.63, 3.8) is 0 Å². The number of nitrogens with one attached hydrogen (secondary N) is 1. The van der Waals surface area contributed by atoms with E-state index in [0.29, 0.717) is 6.42 Å². The highest BCUT2D eigenvalue weighted by molar-refractivity contribution is 7.89. The molecule has 1 unspecified atom stereocenters. The molecule has 0 aliphatic rings. The molecule has 0 bridgehead atoms. The molecule has 6 nitrogen and oxygen atoms in total. The number of sulfonamides is 1. The highest BCUT2D eigenvalue weighted by Crippen LogP contribution is 2.21. The molecule has 8 heteroatoms. The van der Waals surface area contributed by atoms with Crippen LogP contribution in [0.2, 0.25) is 0 Å². The van der Waals surface area contributed by atoms with Crippen LogP contribution in [0.15, 0.2) is 23.1 Å². The normalized spacial score (nSPS) is 14.5. The fourth-order valence-electron chi connectivity index (χ4n) is 1.59. The van der Waals surface area contributed by atoms with Crippen molar-refractivity contribution >= 4 is 16.0 Å². The van der Waals surface area contributed by atoms with Gasteiger partial charge in [-0.2, -0.15) is 0 Å². The molecule has 118 valence electrons. The van der Waals surface area contributed by atoms with Gasteiger partial charge in [-0.25, -0.2) is 22.3 Å². The zero-order chi connectivity index (χ0) is 16.3. The minimum atomic E-state index is -4.20. The number of ether oxygens (including phenoxy) is 1. The van der Waals surface area contributed by atoms with Crippen LogP contribution in [0.3, 0.4) is 0 Å². The number of halogens is 1. The van der Waals surface area contributed by atoms with E-state index in [2.05, 4.69) is 9.46 Å². The average Bonchev–Trinajstić information content (AvgIpc) is 2.45. The number of rotatable bonds is 6. The number of carbonyl (C=O) groups is 1. The lowest BCUT2D eigenvalue weighted by atomic mass is 10.0. The summed E-state index contributed by atoms with van der Waals surface area (Å²) in [6.45, 7) is 2.75. The fraction of sp³-hybridized carbons (Fsp3) is 0.462. The fourth-order valence-corrected chi connectivity index (χ4v) is 3.27. The van der Waals surface area contributed by atoms with Gasteiger partial charge in [-0.1, -0.05) is 6.92 Å². The summed E-state index contributed by atoms with van der Waals surface area (Å²) in [5.41, 5.74) is -1.39. The summed E-state index contributed by atoms with van der Waals surface area (Å²) in [4.78, 5) is 11.1. The van der Waals surface area contributed by atoms with E-state index in [1.807, 2.05) is 0 Å². The van der Waals surface area contributed by atoms with E-state index in [9.17, 15) is 22.7 Å². The van der Waals surface area contributed by atoms with Gasteiger partial charge in [0.15, 0.2) is 0 Å². The highest BCUT2D eigenvalue weighted by Gasteiger charge is 2.31. The van der Waals surface area contributed by atoms with Crippen LogP contribution in [0.5, 0.6) is 0 Å². The second-order valence-corrected chi connectivity index (χ2v) is 6.46. The Labute approximate surface area is 123 Å². The van der Waals surface area contributed by atoms with Crippen molar-refractivity contribution in [3.8, 4) is 0 Å². The number of hydrogen-bond donors (Lipinski definition) is 2. The van der Waals surface area contributed by atoms with Gasteiger partial charge in [-0.15, -0.1) is 0 Å². The van der Waals surface area contributed by atoms with Crippen molar-refractivity contribution in [3.05, 3.63) is 29.6 Å². The van der Waals surface area contributed by atoms with Crippen molar-refractivity contribution in [2.45, 2.75) is 30.7 Å². The van der Waals surface area contributed by atoms with Crippen LogP contribution in [0.4, 0.5) is 4.39 Å². The van der Waals surface area contributed by atoms with E-state index in [-0.39, 0.29) is 5.56 Å². The van der Waals surface area contributed by atoms with Crippen molar-refractivity contribution in [1.82, 2.24) is 4.72 Å². The number of carbonyl (C=O) groups excluding carboxylic acids is 1. The van der Waals surface area contributed by atoms with Gasteiger partial charge in [0.1, 0.15) is 5.82 Å². The lowest BCUT2D eigenvalue weighted by molar-refractivity contribution is 0.0596. The molecule has 0 saturated carbocycles. The molecule has 0 amide bonds. The van der Waals surface area contributed by atoms with Crippen LogP contribution in [0.25, 0.3) is 0 Å². The number of hydrogen-bond acceptors (Lipinski definition) is 5. The van der Waals surface area contributed by atoms with Gasteiger partial charge >= 0.3 is 5.97 Å². The third-order valence-corrected chi connectivity index (χ3v) is 4.83. The Hall–Kier alpha value is -1.51. The Morgan fingerprint density at radius 1 is 1.48 bits per heavy atom. The molecule has 0 spiro atoms. The second kappa shape index (κ2) is 6.50. The zero-order valence-electron chi connectivity index (χ0n) is 12.0. The van der Waals surface area contributed by atoms with Gasteiger partial charge in [-0.3, -0.25) is 0 Å². The molecule has 0 fully saturated rings. The largest absolute Gasteiger partial charge is 0.465 e. The van der Waals surface area contributed by atoms with Crippen molar-refractivity contribution < 1.29 is 27.4 Å². The maximum Gasteiger partial charge on any atom is 0.339 e. The summed E-state index contributed by atoms with van der Waals surface area (Å²) in [6, 6.07) is 2.75. The van der Waals surface area contributed by atoms with E-state index in [0.717, 1.165) is 25.3 Å². The first-order chi connectivity index (χ1) is 9.69. The number of benzene rings is 1. The predicted molar refractivity (Wildman–Crippen MR) is 73.8 cm³/mol. The summed E-state index contributed by atoms with van der Waals surface area (Å²) in [5, 5.41) is 9.28. The molecule has 1 atom stereocenters. The molecular weight excluding hydrogens is 301 g/mol. The number of aliphatic hydroxyl groups excluding tert-OH is 1. The average molecular weight is 319 g/mol. The Morgan fingerprint density at radius 3 is 2.57 bits per heavy atom. The summed E-state index contributed by atoms with van der Waals surface area (Å²) >= 11 is 0. The Morgan fingerprint density at radius 2 is 2.10 bits per heavy atom. The van der Waals surface area contributed by atoms with Crippen molar-refractivity contribution in [2.24, 2.45) is 0 Å². The van der Waals surface area contributed by atoms with E-state index in [1.54, 1.807) is 6.92 Å². The van der Waals surface area contributed by atoms with Crippen molar-refractivity contribution in [1.29, 1.82) is 0 Å². The predicted octanol–water partition coefficient (Wildman–Crippen LogP) is 1.05. The minimum absolute atomic E-state index is 0.275. The molecular formula is C13H18FNO5S. The van der Waals surface area contributed by atoms with E-state index >= 15 is 0 Å². The maximum atomic E-state index is 13.3. The first-order valence-corrected chi connectivity index (χ1v) is 7.70. The Kier molecular flexibility index (Phi) is 5.43. The van der Waals surface area contributed by atoms with Crippen molar-refractivity contribution in [2.75, 3.05) is 13.7 Å². The number of esters is 1. The molecule has 1 aromatic carbocycles. The molecule has 2 N–H and O–H groups in total. The second-order valence-electron chi connectivity index (χ2n) is 4.81. The van der Waals surface area contributed by atoms with E-state index < -0.39 is 38.9 Å². The van der Waals surface area contributed by atoms with Gasteiger partial charge in [0.25, 0.3) is 0 Å². The number of aliphatic hydroxyl groups is 1. The molecule has 0 aliphatic heterocycles. The molecule has 1 rings (SSSR count). The molecule has 0 aromatic heterocycles. The third-order valence-electron chi connectivity index (χ3n) is 3.15. The van der Waals surface area contributed by atoms with E-state index in [1.165, 1.54) is 6.92 Å². The first kappa shape index (κ1) is 17.5. The Bertz CT molecular complexity index is 625. The smallest absolute Gasteiger partial charge is 0.339 e. The molecule has 0 saturated heterocycles. The van der Waals surface area contributed by atoms with Crippen LogP contribution in [-0.2, 0) is 14.8 Å². The van der Waals surface area contributed by atoms with Crippen LogP contribution in [0.1, 0.15) is 30.6 Å². The quantitative estimate of drug-likeness (QED) is 0.765. The molecule has 21 heavy (non-hydrogen) atoms. The van der Waals surface area contributed by atoms with Crippen LogP contribution in [0, 0.1) is 5.82 Å². The maximum absolute atomic E-state index is 13.3. The van der Waals surface area contributed by atoms with E-state index in [4.69, 9.17) is 0 Å². The molecule has 0 aliphatic carbocycles. The summed E-state index contributed by atoms with van der Waals surface area (Å²) < 4.78 is 44.8. The standard InChI is InChI=1S/C13H18FNO5S/c1-4-13(2,8-16)15-21(18,19)11-7-9(14)5-6-10(11)12(17)20-3/h5-7,15-16H,4,8H2,1-3H3. The lowest BCUT2D eigenvalue weighted by Crippen LogP contribution is -2.48. The zero-order valence-corrected chi connectivity index (χ0v) is 12.8. The SMILES string of the molecule is CCC(C)(CO)NS(=O)(=O)c1cc(F)ccc1C(=O)OC. The topological polar surface area (TPSA) is 92.7 Å². The molecule has 0 radical (unpaired) electrons. The van der Waals surface area contributed by atoms with Gasteiger partial charge in [0.2, 0.25) is 10.0 Å². The molecule has 1 aromatic rings. The minimum Gasteiger partial charge on any atom is -0.465 e. The van der Waals surface area contributed by atoms with Gasteiger partial charge in [0, 0.05) is 0 Å². The summed E-state index contributed by atoms with van der Waals surface area (Å²) in [7, 11) is -3.10. The summed E-state index contributed by atoms with van der Waals surface area (Å²) in [5.74, 6) is -1.69. The van der Waals surface area contributed by atoms with Gasteiger partial charge in [-0.05, 0) is 31.5 Å². The van der Waals surface area contributed by atoms with Gasteiger partial charge < -0.3 is 9.84 Å². The number of methoxy groups -OCH3 is 1. The van der Waals surface area contributed by atoms with Crippen LogP contribution < -0.4 is 4.72 Å². The first-order valence-electron chi connectivity index (χ1n) is 6.22. The van der Waals surface area contributed by atoms with Crippen LogP contribution in [-0.4, -0.2) is 38.7 Å². The highest BCUT2D eigenvalue weighted by atomic mass is 32.2. The summed E-state index contributed by atoms with van der Waals surface area (Å²) in [6.07, 6.45) is 0.311. The lowest BCUT2D eigenvalue weighted by Gasteiger charge is -2.27. The Balaban J connectivity index is 3.37. The van der Waals surface area contributed by atoms with Crippen LogP contribution >= 0.6 is 0 Å². The molecule has 0 heterocycles. The monoisotopic (exact) mass is 319 g/mol. The third kappa shape index (κ3) is 3.99. The van der Waals surface area contributed by atoms with Gasteiger partial charge in [0.05, 0.1) is 29.7 Å².